The van der Waals surface area contributed by atoms with E-state index in [0.29, 0.717) is 6.01 Å². The smallest absolute Gasteiger partial charge is 0.297 e. The van der Waals surface area contributed by atoms with Crippen molar-refractivity contribution in [2.24, 2.45) is 0 Å². The van der Waals surface area contributed by atoms with Gasteiger partial charge >= 0.3 is 0 Å². The molecule has 18 heavy (non-hydrogen) atoms. The lowest BCUT2D eigenvalue weighted by Crippen LogP contribution is -2.35. The number of hydrogen-bond donors (Lipinski definition) is 1. The summed E-state index contributed by atoms with van der Waals surface area (Å²) < 4.78 is 5.52. The zero-order valence-corrected chi connectivity index (χ0v) is 12.0. The molecule has 0 amide bonds. The largest absolute Gasteiger partial charge is 0.432 e. The molecule has 0 unspecified atom stereocenters. The summed E-state index contributed by atoms with van der Waals surface area (Å²) in [5, 5.41) is 3.39. The summed E-state index contributed by atoms with van der Waals surface area (Å²) in [5.41, 5.74) is 1.02. The summed E-state index contributed by atoms with van der Waals surface area (Å²) in [6.45, 7) is 14.7. The first-order valence-corrected chi connectivity index (χ1v) is 6.51. The molecule has 1 aromatic heterocycles. The van der Waals surface area contributed by atoms with Gasteiger partial charge in [0.15, 0.2) is 0 Å². The zero-order valence-electron chi connectivity index (χ0n) is 12.0. The monoisotopic (exact) mass is 251 g/mol. The van der Waals surface area contributed by atoms with Crippen molar-refractivity contribution in [1.29, 1.82) is 0 Å². The Morgan fingerprint density at radius 2 is 2.22 bits per heavy atom. The quantitative estimate of drug-likeness (QED) is 0.756. The molecule has 1 N–H and O–H groups in total. The van der Waals surface area contributed by atoms with Crippen LogP contribution < -0.4 is 10.2 Å². The van der Waals surface area contributed by atoms with E-state index < -0.39 is 0 Å². The molecule has 0 saturated heterocycles. The van der Waals surface area contributed by atoms with E-state index in [9.17, 15) is 0 Å². The second-order valence-corrected chi connectivity index (χ2v) is 5.46. The van der Waals surface area contributed by atoms with Gasteiger partial charge in [0.05, 0.1) is 5.69 Å². The molecule has 4 heteroatoms. The van der Waals surface area contributed by atoms with E-state index in [1.807, 2.05) is 6.08 Å². The fourth-order valence-corrected chi connectivity index (χ4v) is 1.57. The van der Waals surface area contributed by atoms with Gasteiger partial charge in [-0.2, -0.15) is 4.98 Å². The highest BCUT2D eigenvalue weighted by atomic mass is 16.4. The third kappa shape index (κ3) is 4.92. The summed E-state index contributed by atoms with van der Waals surface area (Å²) in [6, 6.07) is 0.683. The average molecular weight is 251 g/mol. The van der Waals surface area contributed by atoms with Crippen LogP contribution in [-0.2, 0) is 6.54 Å². The molecule has 1 heterocycles. The van der Waals surface area contributed by atoms with Crippen molar-refractivity contribution < 1.29 is 4.42 Å². The minimum atomic E-state index is 0.0866. The van der Waals surface area contributed by atoms with Crippen LogP contribution in [0.2, 0.25) is 0 Å². The molecule has 0 aliphatic carbocycles. The molecule has 0 bridgehead atoms. The van der Waals surface area contributed by atoms with Crippen LogP contribution in [0.3, 0.4) is 0 Å². The molecule has 0 saturated carbocycles. The minimum Gasteiger partial charge on any atom is -0.432 e. The van der Waals surface area contributed by atoms with Gasteiger partial charge in [-0.1, -0.05) is 13.0 Å². The Morgan fingerprint density at radius 1 is 1.50 bits per heavy atom. The lowest BCUT2D eigenvalue weighted by atomic mass is 10.1. The highest BCUT2D eigenvalue weighted by Gasteiger charge is 2.13. The Balaban J connectivity index is 2.62. The van der Waals surface area contributed by atoms with Crippen LogP contribution in [0.1, 0.15) is 39.8 Å². The van der Waals surface area contributed by atoms with Gasteiger partial charge in [0.2, 0.25) is 0 Å². The van der Waals surface area contributed by atoms with Crippen LogP contribution in [0, 0.1) is 0 Å². The minimum absolute atomic E-state index is 0.0866. The van der Waals surface area contributed by atoms with E-state index in [1.54, 1.807) is 6.26 Å². The Hall–Kier alpha value is -1.29. The summed E-state index contributed by atoms with van der Waals surface area (Å²) in [4.78, 5) is 6.59. The summed E-state index contributed by atoms with van der Waals surface area (Å²) in [6.07, 6.45) is 4.65. The fourth-order valence-electron chi connectivity index (χ4n) is 1.57. The van der Waals surface area contributed by atoms with Gasteiger partial charge in [-0.15, -0.1) is 6.58 Å². The predicted molar refractivity (Wildman–Crippen MR) is 75.8 cm³/mol. The molecule has 0 aromatic carbocycles. The van der Waals surface area contributed by atoms with Crippen LogP contribution in [0.4, 0.5) is 6.01 Å². The third-order valence-electron chi connectivity index (χ3n) is 2.45. The fraction of sp³-hybridized carbons (Fsp3) is 0.643. The first kappa shape index (κ1) is 14.8. The second-order valence-electron chi connectivity index (χ2n) is 5.46. The molecule has 0 radical (unpaired) electrons. The van der Waals surface area contributed by atoms with Gasteiger partial charge in [-0.25, -0.2) is 0 Å². The second kappa shape index (κ2) is 6.59. The molecule has 0 atom stereocenters. The molecule has 102 valence electrons. The molecule has 1 aromatic rings. The van der Waals surface area contributed by atoms with Crippen molar-refractivity contribution in [1.82, 2.24) is 10.3 Å². The normalized spacial score (nSPS) is 11.6. The highest BCUT2D eigenvalue weighted by Crippen LogP contribution is 2.14. The van der Waals surface area contributed by atoms with Gasteiger partial charge in [0.1, 0.15) is 6.26 Å². The Kier molecular flexibility index (Phi) is 5.41. The zero-order chi connectivity index (χ0) is 13.6. The van der Waals surface area contributed by atoms with Crippen LogP contribution in [-0.4, -0.2) is 23.6 Å². The highest BCUT2D eigenvalue weighted by molar-refractivity contribution is 5.28. The number of anilines is 1. The van der Waals surface area contributed by atoms with Crippen molar-refractivity contribution in [2.75, 3.05) is 18.0 Å². The SMILES string of the molecule is C=CCN(CCC)c1nc(CNC(C)(C)C)co1. The molecular formula is C14H25N3O. The molecule has 4 nitrogen and oxygen atoms in total. The maximum atomic E-state index is 5.52. The number of rotatable bonds is 7. The van der Waals surface area contributed by atoms with Crippen molar-refractivity contribution in [3.8, 4) is 0 Å². The van der Waals surface area contributed by atoms with Crippen molar-refractivity contribution in [2.45, 2.75) is 46.2 Å². The van der Waals surface area contributed by atoms with E-state index in [0.717, 1.165) is 31.7 Å². The van der Waals surface area contributed by atoms with Crippen molar-refractivity contribution in [3.63, 3.8) is 0 Å². The van der Waals surface area contributed by atoms with Gasteiger partial charge in [-0.3, -0.25) is 0 Å². The van der Waals surface area contributed by atoms with Crippen LogP contribution in [0.15, 0.2) is 23.3 Å². The van der Waals surface area contributed by atoms with Crippen LogP contribution >= 0.6 is 0 Å². The third-order valence-corrected chi connectivity index (χ3v) is 2.45. The van der Waals surface area contributed by atoms with E-state index >= 15 is 0 Å². The number of nitrogens with one attached hydrogen (secondary N) is 1. The number of nitrogens with zero attached hydrogens (tertiary/aromatic N) is 2. The number of aromatic nitrogens is 1. The van der Waals surface area contributed by atoms with E-state index in [1.165, 1.54) is 0 Å². The lowest BCUT2D eigenvalue weighted by molar-refractivity contribution is 0.421. The van der Waals surface area contributed by atoms with Gasteiger partial charge in [-0.05, 0) is 27.2 Å². The molecule has 0 spiro atoms. The standard InChI is InChI=1S/C14H25N3O/c1-6-8-17(9-7-2)13-16-12(11-18-13)10-15-14(3,4)5/h6,11,15H,1,7-10H2,2-5H3. The number of oxazole rings is 1. The van der Waals surface area contributed by atoms with Crippen molar-refractivity contribution in [3.05, 3.63) is 24.6 Å². The van der Waals surface area contributed by atoms with Gasteiger partial charge in [0, 0.05) is 25.2 Å². The maximum absolute atomic E-state index is 5.52. The Morgan fingerprint density at radius 3 is 2.78 bits per heavy atom. The summed E-state index contributed by atoms with van der Waals surface area (Å²) >= 11 is 0. The van der Waals surface area contributed by atoms with E-state index in [2.05, 4.69) is 49.5 Å². The Bertz CT molecular complexity index is 365. The van der Waals surface area contributed by atoms with Crippen LogP contribution in [0.5, 0.6) is 0 Å². The summed E-state index contributed by atoms with van der Waals surface area (Å²) in [5.74, 6) is 0. The predicted octanol–water partition coefficient (Wildman–Crippen LogP) is 2.97. The molecule has 1 rings (SSSR count). The van der Waals surface area contributed by atoms with Gasteiger partial charge < -0.3 is 14.6 Å². The number of hydrogen-bond acceptors (Lipinski definition) is 4. The summed E-state index contributed by atoms with van der Waals surface area (Å²) in [7, 11) is 0. The van der Waals surface area contributed by atoms with Gasteiger partial charge in [0.25, 0.3) is 6.01 Å². The van der Waals surface area contributed by atoms with Crippen LogP contribution in [0.25, 0.3) is 0 Å². The maximum Gasteiger partial charge on any atom is 0.297 e. The Labute approximate surface area is 110 Å². The topological polar surface area (TPSA) is 41.3 Å². The first-order valence-electron chi connectivity index (χ1n) is 6.51. The van der Waals surface area contributed by atoms with E-state index in [-0.39, 0.29) is 5.54 Å². The van der Waals surface area contributed by atoms with Crippen molar-refractivity contribution >= 4 is 6.01 Å². The lowest BCUT2D eigenvalue weighted by Gasteiger charge is -2.19. The average Bonchev–Trinajstić information content (AvgIpc) is 2.74. The van der Waals surface area contributed by atoms with E-state index in [4.69, 9.17) is 4.42 Å². The molecule has 0 aliphatic rings. The first-order chi connectivity index (χ1) is 8.46. The molecule has 0 aliphatic heterocycles. The molecular weight excluding hydrogens is 226 g/mol. The molecule has 0 fully saturated rings.